The number of nitro benzene ring substituents is 1. The first kappa shape index (κ1) is 18.0. The van der Waals surface area contributed by atoms with Crippen molar-refractivity contribution in [3.63, 3.8) is 0 Å². The van der Waals surface area contributed by atoms with Crippen molar-refractivity contribution in [1.29, 1.82) is 0 Å². The number of hydrogen-bond acceptors (Lipinski definition) is 4. The maximum Gasteiger partial charge on any atom is 0.471 e. The first-order chi connectivity index (χ1) is 11.2. The van der Waals surface area contributed by atoms with E-state index in [1.54, 1.807) is 6.07 Å². The summed E-state index contributed by atoms with van der Waals surface area (Å²) in [7, 11) is 1.30. The second kappa shape index (κ2) is 6.66. The van der Waals surface area contributed by atoms with Crippen LogP contribution in [0.4, 0.5) is 18.9 Å². The Morgan fingerprint density at radius 2 is 2.00 bits per heavy atom. The quantitative estimate of drug-likeness (QED) is 0.656. The van der Waals surface area contributed by atoms with Crippen LogP contribution in [0.2, 0.25) is 0 Å². The van der Waals surface area contributed by atoms with Crippen molar-refractivity contribution in [2.24, 2.45) is 0 Å². The van der Waals surface area contributed by atoms with Crippen molar-refractivity contribution in [2.75, 3.05) is 13.7 Å². The lowest BCUT2D eigenvalue weighted by Crippen LogP contribution is -2.44. The van der Waals surface area contributed by atoms with E-state index in [4.69, 9.17) is 4.74 Å². The van der Waals surface area contributed by atoms with Gasteiger partial charge in [-0.2, -0.15) is 13.2 Å². The van der Waals surface area contributed by atoms with E-state index >= 15 is 0 Å². The highest BCUT2D eigenvalue weighted by atomic mass is 19.4. The van der Waals surface area contributed by atoms with Crippen LogP contribution < -0.4 is 10.1 Å². The van der Waals surface area contributed by atoms with Crippen molar-refractivity contribution < 1.29 is 27.6 Å². The van der Waals surface area contributed by atoms with E-state index < -0.39 is 22.4 Å². The number of nitrogens with one attached hydrogen (secondary N) is 1. The Balaban J connectivity index is 2.32. The zero-order valence-corrected chi connectivity index (χ0v) is 13.0. The van der Waals surface area contributed by atoms with E-state index in [0.717, 1.165) is 12.8 Å². The summed E-state index contributed by atoms with van der Waals surface area (Å²) in [6.07, 6.45) is -2.29. The second-order valence-electron chi connectivity index (χ2n) is 5.81. The smallest absolute Gasteiger partial charge is 0.471 e. The van der Waals surface area contributed by atoms with E-state index in [0.29, 0.717) is 18.4 Å². The minimum atomic E-state index is -4.95. The molecule has 0 aromatic heterocycles. The van der Waals surface area contributed by atoms with Gasteiger partial charge >= 0.3 is 17.8 Å². The predicted octanol–water partition coefficient (Wildman–Crippen LogP) is 3.09. The average molecular weight is 346 g/mol. The molecule has 0 radical (unpaired) electrons. The summed E-state index contributed by atoms with van der Waals surface area (Å²) < 4.78 is 42.1. The Morgan fingerprint density at radius 1 is 1.38 bits per heavy atom. The number of alkyl halides is 3. The molecular weight excluding hydrogens is 329 g/mol. The van der Waals surface area contributed by atoms with Gasteiger partial charge < -0.3 is 10.1 Å². The van der Waals surface area contributed by atoms with Crippen LogP contribution in [0.15, 0.2) is 18.2 Å². The number of benzene rings is 1. The highest BCUT2D eigenvalue weighted by Crippen LogP contribution is 2.43. The molecule has 0 spiro atoms. The molecule has 2 rings (SSSR count). The summed E-state index contributed by atoms with van der Waals surface area (Å²) in [5, 5.41) is 13.1. The summed E-state index contributed by atoms with van der Waals surface area (Å²) in [6, 6.07) is 4.36. The van der Waals surface area contributed by atoms with Crippen LogP contribution in [-0.4, -0.2) is 30.7 Å². The first-order valence-electron chi connectivity index (χ1n) is 7.37. The van der Waals surface area contributed by atoms with E-state index in [1.807, 2.05) is 5.32 Å². The van der Waals surface area contributed by atoms with E-state index in [9.17, 15) is 28.1 Å². The molecule has 1 N–H and O–H groups in total. The molecule has 0 heterocycles. The molecule has 0 saturated heterocycles. The number of carbonyl (C=O) groups excluding carboxylic acids is 1. The summed E-state index contributed by atoms with van der Waals surface area (Å²) in [5.74, 6) is -1.92. The molecule has 1 aromatic rings. The first-order valence-corrected chi connectivity index (χ1v) is 7.37. The van der Waals surface area contributed by atoms with Gasteiger partial charge in [-0.15, -0.1) is 0 Å². The number of hydrogen-bond donors (Lipinski definition) is 1. The zero-order valence-electron chi connectivity index (χ0n) is 13.0. The third-order valence-corrected chi connectivity index (χ3v) is 4.39. The topological polar surface area (TPSA) is 81.5 Å². The maximum absolute atomic E-state index is 12.4. The van der Waals surface area contributed by atoms with Crippen molar-refractivity contribution in [3.05, 3.63) is 33.9 Å². The molecule has 9 heteroatoms. The van der Waals surface area contributed by atoms with Crippen LogP contribution in [0.1, 0.15) is 31.2 Å². The Hall–Kier alpha value is -2.32. The van der Waals surface area contributed by atoms with Crippen molar-refractivity contribution in [1.82, 2.24) is 5.32 Å². The third-order valence-electron chi connectivity index (χ3n) is 4.39. The Morgan fingerprint density at radius 3 is 2.50 bits per heavy atom. The minimum Gasteiger partial charge on any atom is -0.490 e. The molecule has 0 bridgehead atoms. The molecule has 1 fully saturated rings. The van der Waals surface area contributed by atoms with Crippen LogP contribution >= 0.6 is 0 Å². The van der Waals surface area contributed by atoms with Gasteiger partial charge in [0.2, 0.25) is 0 Å². The number of carbonyl (C=O) groups is 1. The van der Waals surface area contributed by atoms with Gasteiger partial charge in [0, 0.05) is 18.0 Å². The van der Waals surface area contributed by atoms with Crippen LogP contribution in [-0.2, 0) is 10.2 Å². The van der Waals surface area contributed by atoms with Gasteiger partial charge in [-0.05, 0) is 24.5 Å². The Bertz CT molecular complexity index is 640. The Kier molecular flexibility index (Phi) is 5.00. The number of ether oxygens (including phenoxy) is 1. The fourth-order valence-electron chi connectivity index (χ4n) is 3.13. The highest BCUT2D eigenvalue weighted by Gasteiger charge is 2.42. The molecular formula is C15H17F3N2O4. The molecule has 1 aliphatic rings. The van der Waals surface area contributed by atoms with Gasteiger partial charge in [0.25, 0.3) is 0 Å². The van der Waals surface area contributed by atoms with Gasteiger partial charge in [-0.3, -0.25) is 14.9 Å². The third kappa shape index (κ3) is 3.60. The molecule has 6 nitrogen and oxygen atoms in total. The Labute approximate surface area is 136 Å². The van der Waals surface area contributed by atoms with Gasteiger partial charge in [0.1, 0.15) is 0 Å². The van der Waals surface area contributed by atoms with Crippen molar-refractivity contribution in [3.8, 4) is 5.75 Å². The molecule has 132 valence electrons. The predicted molar refractivity (Wildman–Crippen MR) is 78.9 cm³/mol. The molecule has 24 heavy (non-hydrogen) atoms. The van der Waals surface area contributed by atoms with Gasteiger partial charge in [0.05, 0.1) is 12.0 Å². The van der Waals surface area contributed by atoms with E-state index in [2.05, 4.69) is 0 Å². The zero-order chi connectivity index (χ0) is 18.0. The average Bonchev–Trinajstić information content (AvgIpc) is 3.01. The van der Waals surface area contributed by atoms with Gasteiger partial charge in [-0.1, -0.05) is 18.9 Å². The van der Waals surface area contributed by atoms with E-state index in [-0.39, 0.29) is 18.0 Å². The maximum atomic E-state index is 12.4. The SMILES string of the molecule is COc1ccc(C2(CNC(=O)C(F)(F)F)CCCC2)cc1[N+](=O)[O-]. The second-order valence-corrected chi connectivity index (χ2v) is 5.81. The lowest BCUT2D eigenvalue weighted by atomic mass is 9.78. The fraction of sp³-hybridized carbons (Fsp3) is 0.533. The molecule has 1 aromatic carbocycles. The lowest BCUT2D eigenvalue weighted by molar-refractivity contribution is -0.385. The van der Waals surface area contributed by atoms with Crippen LogP contribution in [0, 0.1) is 10.1 Å². The van der Waals surface area contributed by atoms with E-state index in [1.165, 1.54) is 19.2 Å². The number of halogens is 3. The van der Waals surface area contributed by atoms with Crippen LogP contribution in [0.25, 0.3) is 0 Å². The number of methoxy groups -OCH3 is 1. The summed E-state index contributed by atoms with van der Waals surface area (Å²) in [4.78, 5) is 21.7. The molecule has 0 atom stereocenters. The number of nitrogens with zero attached hydrogens (tertiary/aromatic N) is 1. The van der Waals surface area contributed by atoms with Crippen LogP contribution in [0.5, 0.6) is 5.75 Å². The van der Waals surface area contributed by atoms with Gasteiger partial charge in [0.15, 0.2) is 5.75 Å². The summed E-state index contributed by atoms with van der Waals surface area (Å²) in [5.41, 5.74) is -0.448. The monoisotopic (exact) mass is 346 g/mol. The largest absolute Gasteiger partial charge is 0.490 e. The number of rotatable bonds is 5. The summed E-state index contributed by atoms with van der Waals surface area (Å²) in [6.45, 7) is -0.213. The molecule has 1 saturated carbocycles. The summed E-state index contributed by atoms with van der Waals surface area (Å²) >= 11 is 0. The fourth-order valence-corrected chi connectivity index (χ4v) is 3.13. The lowest BCUT2D eigenvalue weighted by Gasteiger charge is -2.30. The van der Waals surface area contributed by atoms with Crippen molar-refractivity contribution in [2.45, 2.75) is 37.3 Å². The standard InChI is InChI=1S/C15H17F3N2O4/c1-24-12-5-4-10(8-11(12)20(22)23)14(6-2-3-7-14)9-19-13(21)15(16,17)18/h4-5,8H,2-3,6-7,9H2,1H3,(H,19,21). The molecule has 0 aliphatic heterocycles. The number of amides is 1. The molecule has 1 amide bonds. The normalized spacial score (nSPS) is 16.7. The number of nitro groups is 1. The van der Waals surface area contributed by atoms with Gasteiger partial charge in [-0.25, -0.2) is 0 Å². The highest BCUT2D eigenvalue weighted by molar-refractivity contribution is 5.81. The minimum absolute atomic E-state index is 0.0798. The van der Waals surface area contributed by atoms with Crippen LogP contribution in [0.3, 0.4) is 0 Å². The molecule has 1 aliphatic carbocycles. The van der Waals surface area contributed by atoms with Crippen molar-refractivity contribution >= 4 is 11.6 Å². The molecule has 0 unspecified atom stereocenters.